The molecule has 9 heteroatoms. The van der Waals surface area contributed by atoms with Crippen molar-refractivity contribution in [3.8, 4) is 0 Å². The second kappa shape index (κ2) is 4.80. The van der Waals surface area contributed by atoms with Crippen LogP contribution in [-0.4, -0.2) is 32.5 Å². The summed E-state index contributed by atoms with van der Waals surface area (Å²) in [5.41, 5.74) is -1.52. The molecule has 1 saturated heterocycles. The Balaban J connectivity index is 2.05. The van der Waals surface area contributed by atoms with Crippen LogP contribution in [0.15, 0.2) is 17.2 Å². The maximum Gasteiger partial charge on any atom is 0.525 e. The average molecular weight is 345 g/mol. The third-order valence-corrected chi connectivity index (χ3v) is 6.46. The first-order valence-electron chi connectivity index (χ1n) is 6.85. The van der Waals surface area contributed by atoms with Crippen molar-refractivity contribution in [1.29, 1.82) is 0 Å². The Labute approximate surface area is 133 Å². The average Bonchev–Trinajstić information content (AvgIpc) is 2.89. The lowest BCUT2D eigenvalue weighted by Gasteiger charge is -2.32. The molecule has 2 aliphatic heterocycles. The van der Waals surface area contributed by atoms with Crippen LogP contribution in [0, 0.1) is 0 Å². The molecular weight excluding hydrogens is 328 g/mol. The van der Waals surface area contributed by atoms with E-state index in [0.29, 0.717) is 10.6 Å². The number of thiophene rings is 1. The second-order valence-corrected chi connectivity index (χ2v) is 9.08. The van der Waals surface area contributed by atoms with Gasteiger partial charge in [0.1, 0.15) is 5.73 Å². The molecule has 1 N–H and O–H groups in total. The Morgan fingerprint density at radius 3 is 2.50 bits per heavy atom. The Bertz CT molecular complexity index is 738. The minimum absolute atomic E-state index is 0.113. The highest BCUT2D eigenvalue weighted by Gasteiger charge is 2.54. The lowest BCUT2D eigenvalue weighted by Crippen LogP contribution is -2.41. The van der Waals surface area contributed by atoms with Crippen LogP contribution < -0.4 is 4.72 Å². The Morgan fingerprint density at radius 1 is 1.32 bits per heavy atom. The van der Waals surface area contributed by atoms with Crippen LogP contribution in [0.3, 0.4) is 0 Å². The molecule has 1 aromatic heterocycles. The predicted octanol–water partition coefficient (Wildman–Crippen LogP) is 2.82. The van der Waals surface area contributed by atoms with Gasteiger partial charge >= 0.3 is 7.12 Å². The highest BCUT2D eigenvalue weighted by molar-refractivity contribution is 7.93. The van der Waals surface area contributed by atoms with Gasteiger partial charge < -0.3 is 9.31 Å². The summed E-state index contributed by atoms with van der Waals surface area (Å²) in [5, 5.41) is 1.72. The highest BCUT2D eigenvalue weighted by atomic mass is 32.2. The van der Waals surface area contributed by atoms with Gasteiger partial charge in [-0.05, 0) is 39.1 Å². The maximum absolute atomic E-state index is 14.9. The van der Waals surface area contributed by atoms with Gasteiger partial charge in [0.15, 0.2) is 0 Å². The molecule has 120 valence electrons. The van der Waals surface area contributed by atoms with Gasteiger partial charge in [-0.15, -0.1) is 11.3 Å². The molecule has 0 atom stereocenters. The molecule has 3 rings (SSSR count). The molecule has 2 aliphatic rings. The third-order valence-electron chi connectivity index (χ3n) is 4.29. The molecule has 0 bridgehead atoms. The summed E-state index contributed by atoms with van der Waals surface area (Å²) in [6.07, 6.45) is 0. The van der Waals surface area contributed by atoms with Crippen molar-refractivity contribution in [1.82, 2.24) is 0 Å². The van der Waals surface area contributed by atoms with Gasteiger partial charge in [-0.1, -0.05) is 0 Å². The molecule has 1 aromatic rings. The number of fused-ring (bicyclic) bond motifs is 1. The molecule has 1 fully saturated rings. The summed E-state index contributed by atoms with van der Waals surface area (Å²) in [5.74, 6) is -0.420. The fraction of sp³-hybridized carbons (Fsp3) is 0.538. The van der Waals surface area contributed by atoms with Crippen LogP contribution in [0.2, 0.25) is 0 Å². The lowest BCUT2D eigenvalue weighted by molar-refractivity contribution is 0.00578. The Kier molecular flexibility index (Phi) is 3.49. The Hall–Kier alpha value is -0.895. The topological polar surface area (TPSA) is 64.6 Å². The minimum atomic E-state index is -3.60. The summed E-state index contributed by atoms with van der Waals surface area (Å²) in [7, 11) is -4.79. The zero-order chi connectivity index (χ0) is 16.3. The monoisotopic (exact) mass is 345 g/mol. The van der Waals surface area contributed by atoms with Crippen LogP contribution in [0.25, 0.3) is 5.57 Å². The quantitative estimate of drug-likeness (QED) is 0.795. The largest absolute Gasteiger partial charge is 0.525 e. The second-order valence-electron chi connectivity index (χ2n) is 6.44. The number of anilines is 1. The van der Waals surface area contributed by atoms with Crippen molar-refractivity contribution in [3.05, 3.63) is 22.0 Å². The van der Waals surface area contributed by atoms with E-state index in [-0.39, 0.29) is 5.57 Å². The van der Waals surface area contributed by atoms with Gasteiger partial charge in [-0.3, -0.25) is 4.72 Å². The van der Waals surface area contributed by atoms with Gasteiger partial charge in [-0.25, -0.2) is 12.8 Å². The fourth-order valence-electron chi connectivity index (χ4n) is 2.35. The van der Waals surface area contributed by atoms with E-state index < -0.39 is 39.8 Å². The molecule has 5 nitrogen and oxygen atoms in total. The van der Waals surface area contributed by atoms with Crippen molar-refractivity contribution >= 4 is 39.7 Å². The van der Waals surface area contributed by atoms with E-state index in [4.69, 9.17) is 9.31 Å². The standard InChI is InChI=1S/C13H17BFNO4S2/c1-12(2)13(3,4)20-14(19-12)11(15)8-7-22(17,18)16-9-5-6-21-10(8)9/h5-6,16H,7H2,1-4H3. The zero-order valence-corrected chi connectivity index (χ0v) is 14.4. The number of rotatable bonds is 1. The fourth-order valence-corrected chi connectivity index (χ4v) is 4.64. The number of hydrogen-bond acceptors (Lipinski definition) is 5. The van der Waals surface area contributed by atoms with Crippen molar-refractivity contribution in [2.45, 2.75) is 38.9 Å². The van der Waals surface area contributed by atoms with E-state index in [9.17, 15) is 12.8 Å². The first kappa shape index (κ1) is 16.0. The molecule has 0 radical (unpaired) electrons. The molecule has 0 aliphatic carbocycles. The van der Waals surface area contributed by atoms with Crippen LogP contribution in [0.4, 0.5) is 10.1 Å². The van der Waals surface area contributed by atoms with E-state index in [1.165, 1.54) is 11.3 Å². The van der Waals surface area contributed by atoms with Crippen molar-refractivity contribution in [2.24, 2.45) is 0 Å². The highest BCUT2D eigenvalue weighted by Crippen LogP contribution is 2.43. The number of hydrogen-bond donors (Lipinski definition) is 1. The van der Waals surface area contributed by atoms with Crippen molar-refractivity contribution in [3.63, 3.8) is 0 Å². The van der Waals surface area contributed by atoms with E-state index >= 15 is 0 Å². The van der Waals surface area contributed by atoms with Crippen molar-refractivity contribution in [2.75, 3.05) is 10.5 Å². The molecule has 0 aromatic carbocycles. The van der Waals surface area contributed by atoms with Crippen LogP contribution in [-0.2, 0) is 19.3 Å². The summed E-state index contributed by atoms with van der Waals surface area (Å²) in [6, 6.07) is 1.62. The summed E-state index contributed by atoms with van der Waals surface area (Å²) < 4.78 is 52.5. The summed E-state index contributed by atoms with van der Waals surface area (Å²) >= 11 is 1.29. The van der Waals surface area contributed by atoms with Crippen LogP contribution >= 0.6 is 11.3 Å². The number of nitrogens with one attached hydrogen (secondary N) is 1. The van der Waals surface area contributed by atoms with Crippen LogP contribution in [0.5, 0.6) is 0 Å². The first-order valence-corrected chi connectivity index (χ1v) is 9.38. The van der Waals surface area contributed by atoms with Gasteiger partial charge in [0.25, 0.3) is 0 Å². The summed E-state index contributed by atoms with van der Waals surface area (Å²) in [4.78, 5) is 0.571. The minimum Gasteiger partial charge on any atom is -0.398 e. The smallest absolute Gasteiger partial charge is 0.398 e. The van der Waals surface area contributed by atoms with E-state index in [1.807, 2.05) is 27.7 Å². The molecule has 0 saturated carbocycles. The zero-order valence-electron chi connectivity index (χ0n) is 12.8. The van der Waals surface area contributed by atoms with Gasteiger partial charge in [-0.2, -0.15) is 0 Å². The summed E-state index contributed by atoms with van der Waals surface area (Å²) in [6.45, 7) is 7.28. The van der Waals surface area contributed by atoms with Gasteiger partial charge in [0, 0.05) is 5.57 Å². The van der Waals surface area contributed by atoms with E-state index in [0.717, 1.165) is 0 Å². The third kappa shape index (κ3) is 2.49. The molecule has 22 heavy (non-hydrogen) atoms. The predicted molar refractivity (Wildman–Crippen MR) is 85.8 cm³/mol. The lowest BCUT2D eigenvalue weighted by atomic mass is 9.84. The van der Waals surface area contributed by atoms with E-state index in [1.54, 1.807) is 11.4 Å². The van der Waals surface area contributed by atoms with Crippen LogP contribution in [0.1, 0.15) is 32.6 Å². The molecule has 0 amide bonds. The SMILES string of the molecule is CC1(C)OB(C(F)=C2CS(=O)(=O)Nc3ccsc32)OC1(C)C. The molecule has 0 unspecified atom stereocenters. The number of halogens is 1. The molecular formula is C13H17BFNO4S2. The molecule has 3 heterocycles. The van der Waals surface area contributed by atoms with Gasteiger partial charge in [0.2, 0.25) is 10.0 Å². The number of sulfonamides is 1. The molecule has 0 spiro atoms. The van der Waals surface area contributed by atoms with Gasteiger partial charge in [0.05, 0.1) is 27.5 Å². The first-order chi connectivity index (χ1) is 10.0. The Morgan fingerprint density at radius 2 is 1.91 bits per heavy atom. The normalized spacial score (nSPS) is 27.2. The van der Waals surface area contributed by atoms with Crippen molar-refractivity contribution < 1.29 is 22.1 Å². The van der Waals surface area contributed by atoms with E-state index in [2.05, 4.69) is 4.72 Å². The maximum atomic E-state index is 14.9.